The number of nitrogens with zero attached hydrogens (tertiary/aromatic N) is 5. The van der Waals surface area contributed by atoms with Gasteiger partial charge in [0.1, 0.15) is 11.3 Å². The molecule has 0 atom stereocenters. The summed E-state index contributed by atoms with van der Waals surface area (Å²) in [6, 6.07) is 6.45. The summed E-state index contributed by atoms with van der Waals surface area (Å²) in [5.74, 6) is 0.880. The van der Waals surface area contributed by atoms with E-state index in [1.54, 1.807) is 23.2 Å². The van der Waals surface area contributed by atoms with E-state index >= 15 is 0 Å². The largest absolute Gasteiger partial charge is 0.378 e. The molecule has 174 valence electrons. The fourth-order valence-electron chi connectivity index (χ4n) is 3.95. The molecule has 1 aliphatic rings. The zero-order valence-corrected chi connectivity index (χ0v) is 18.9. The molecule has 33 heavy (non-hydrogen) atoms. The number of nitrogens with one attached hydrogen (secondary N) is 1. The molecule has 2 aromatic heterocycles. The van der Waals surface area contributed by atoms with Gasteiger partial charge >= 0.3 is 6.03 Å². The van der Waals surface area contributed by atoms with Crippen LogP contribution in [0.25, 0.3) is 11.2 Å². The number of anilines is 1. The molecular formula is C23H28N6O4. The highest BCUT2D eigenvalue weighted by Gasteiger charge is 2.20. The van der Waals surface area contributed by atoms with E-state index in [4.69, 9.17) is 9.72 Å². The SMILES string of the molecule is CCCCc1nc2c(C)c(NC(=O)N3CCOCC3)cnc2n1Cc1cccc([N+](=O)[O-])c1. The van der Waals surface area contributed by atoms with Gasteiger partial charge in [0, 0.05) is 37.2 Å². The first-order valence-corrected chi connectivity index (χ1v) is 11.2. The van der Waals surface area contributed by atoms with Gasteiger partial charge in [0.25, 0.3) is 5.69 Å². The number of hydrogen-bond donors (Lipinski definition) is 1. The lowest BCUT2D eigenvalue weighted by Gasteiger charge is -2.27. The van der Waals surface area contributed by atoms with E-state index in [1.807, 2.05) is 17.6 Å². The van der Waals surface area contributed by atoms with Crippen molar-refractivity contribution in [3.8, 4) is 0 Å². The van der Waals surface area contributed by atoms with Crippen molar-refractivity contribution in [2.45, 2.75) is 39.7 Å². The Balaban J connectivity index is 1.67. The minimum Gasteiger partial charge on any atom is -0.378 e. The number of aromatic nitrogens is 3. The van der Waals surface area contributed by atoms with Crippen LogP contribution >= 0.6 is 0 Å². The summed E-state index contributed by atoms with van der Waals surface area (Å²) in [7, 11) is 0. The number of hydrogen-bond acceptors (Lipinski definition) is 6. The number of imidazole rings is 1. The van der Waals surface area contributed by atoms with Crippen LogP contribution in [0.3, 0.4) is 0 Å². The van der Waals surface area contributed by atoms with Crippen LogP contribution in [-0.4, -0.2) is 56.7 Å². The quantitative estimate of drug-likeness (QED) is 0.429. The maximum Gasteiger partial charge on any atom is 0.322 e. The van der Waals surface area contributed by atoms with Crippen molar-refractivity contribution in [1.29, 1.82) is 0 Å². The van der Waals surface area contributed by atoms with Crippen LogP contribution in [0, 0.1) is 17.0 Å². The molecule has 0 unspecified atom stereocenters. The third kappa shape index (κ3) is 4.95. The second-order valence-corrected chi connectivity index (χ2v) is 8.14. The van der Waals surface area contributed by atoms with E-state index in [1.165, 1.54) is 6.07 Å². The van der Waals surface area contributed by atoms with E-state index in [0.29, 0.717) is 44.2 Å². The molecule has 10 heteroatoms. The Morgan fingerprint density at radius 3 is 2.82 bits per heavy atom. The lowest BCUT2D eigenvalue weighted by molar-refractivity contribution is -0.384. The number of fused-ring (bicyclic) bond motifs is 1. The number of ether oxygens (including phenoxy) is 1. The monoisotopic (exact) mass is 452 g/mol. The van der Waals surface area contributed by atoms with E-state index in [2.05, 4.69) is 17.2 Å². The second-order valence-electron chi connectivity index (χ2n) is 8.14. The van der Waals surface area contributed by atoms with Gasteiger partial charge in [0.05, 0.1) is 36.6 Å². The number of nitro groups is 1. The topological polar surface area (TPSA) is 115 Å². The number of carbonyl (C=O) groups excluding carboxylic acids is 1. The van der Waals surface area contributed by atoms with Crippen LogP contribution < -0.4 is 5.32 Å². The third-order valence-electron chi connectivity index (χ3n) is 5.85. The Bertz CT molecular complexity index is 1170. The van der Waals surface area contributed by atoms with Crippen molar-refractivity contribution in [2.75, 3.05) is 31.6 Å². The Morgan fingerprint density at radius 2 is 2.09 bits per heavy atom. The molecule has 1 N–H and O–H groups in total. The average molecular weight is 453 g/mol. The molecule has 2 amide bonds. The lowest BCUT2D eigenvalue weighted by atomic mass is 10.2. The van der Waals surface area contributed by atoms with E-state index in [9.17, 15) is 14.9 Å². The zero-order valence-electron chi connectivity index (χ0n) is 18.9. The molecule has 1 saturated heterocycles. The summed E-state index contributed by atoms with van der Waals surface area (Å²) in [6.45, 7) is 6.66. The van der Waals surface area contributed by atoms with Crippen LogP contribution in [0.15, 0.2) is 30.5 Å². The number of rotatable bonds is 7. The minimum absolute atomic E-state index is 0.0595. The fourth-order valence-corrected chi connectivity index (χ4v) is 3.95. The van der Waals surface area contributed by atoms with Crippen molar-refractivity contribution in [2.24, 2.45) is 0 Å². The van der Waals surface area contributed by atoms with Gasteiger partial charge in [-0.05, 0) is 18.9 Å². The maximum absolute atomic E-state index is 12.6. The molecule has 0 saturated carbocycles. The molecule has 3 aromatic rings. The van der Waals surface area contributed by atoms with E-state index < -0.39 is 0 Å². The predicted molar refractivity (Wildman–Crippen MR) is 124 cm³/mol. The predicted octanol–water partition coefficient (Wildman–Crippen LogP) is 3.90. The number of nitro benzene ring substituents is 1. The van der Waals surface area contributed by atoms with Crippen LogP contribution in [-0.2, 0) is 17.7 Å². The third-order valence-corrected chi connectivity index (χ3v) is 5.85. The summed E-state index contributed by atoms with van der Waals surface area (Å²) in [4.78, 5) is 34.7. The molecule has 3 heterocycles. The molecule has 10 nitrogen and oxygen atoms in total. The van der Waals surface area contributed by atoms with E-state index in [-0.39, 0.29) is 16.6 Å². The van der Waals surface area contributed by atoms with Crippen molar-refractivity contribution < 1.29 is 14.5 Å². The molecule has 0 bridgehead atoms. The number of unbranched alkanes of at least 4 members (excludes halogenated alkanes) is 1. The van der Waals surface area contributed by atoms with Crippen LogP contribution in [0.4, 0.5) is 16.2 Å². The zero-order chi connectivity index (χ0) is 23.4. The van der Waals surface area contributed by atoms with Gasteiger partial charge in [-0.25, -0.2) is 14.8 Å². The van der Waals surface area contributed by atoms with Crippen molar-refractivity contribution in [3.05, 3.63) is 57.5 Å². The smallest absolute Gasteiger partial charge is 0.322 e. The van der Waals surface area contributed by atoms with Crippen molar-refractivity contribution in [3.63, 3.8) is 0 Å². The first kappa shape index (κ1) is 22.7. The average Bonchev–Trinajstić information content (AvgIpc) is 3.18. The summed E-state index contributed by atoms with van der Waals surface area (Å²) in [5.41, 5.74) is 3.77. The second kappa shape index (κ2) is 9.95. The fraction of sp³-hybridized carbons (Fsp3) is 0.435. The molecule has 0 spiro atoms. The van der Waals surface area contributed by atoms with Gasteiger partial charge in [-0.1, -0.05) is 25.5 Å². The molecule has 4 rings (SSSR count). The standard InChI is InChI=1S/C23H28N6O4/c1-3-4-8-20-26-21-16(2)19(25-23(30)27-9-11-33-12-10-27)14-24-22(21)28(20)15-17-6-5-7-18(13-17)29(31)32/h5-7,13-14H,3-4,8-12,15H2,1-2H3,(H,25,30). The van der Waals surface area contributed by atoms with Gasteiger partial charge in [0.15, 0.2) is 5.65 Å². The molecule has 0 radical (unpaired) electrons. The molecule has 0 aliphatic carbocycles. The van der Waals surface area contributed by atoms with Crippen molar-refractivity contribution in [1.82, 2.24) is 19.4 Å². The van der Waals surface area contributed by atoms with Gasteiger partial charge in [-0.15, -0.1) is 0 Å². The summed E-state index contributed by atoms with van der Waals surface area (Å²) >= 11 is 0. The maximum atomic E-state index is 12.6. The normalized spacial score (nSPS) is 13.9. The molecule has 1 aliphatic heterocycles. The number of morpholine rings is 1. The summed E-state index contributed by atoms with van der Waals surface area (Å²) < 4.78 is 7.33. The van der Waals surface area contributed by atoms with Gasteiger partial charge < -0.3 is 19.5 Å². The Hall–Kier alpha value is -3.53. The number of non-ortho nitro benzene ring substituents is 1. The highest BCUT2D eigenvalue weighted by Crippen LogP contribution is 2.26. The van der Waals surface area contributed by atoms with E-state index in [0.717, 1.165) is 41.7 Å². The number of carbonyl (C=O) groups is 1. The number of amides is 2. The first-order valence-electron chi connectivity index (χ1n) is 11.2. The molecular weight excluding hydrogens is 424 g/mol. The number of benzene rings is 1. The van der Waals surface area contributed by atoms with Gasteiger partial charge in [-0.3, -0.25) is 10.1 Å². The van der Waals surface area contributed by atoms with Crippen molar-refractivity contribution >= 4 is 28.6 Å². The lowest BCUT2D eigenvalue weighted by Crippen LogP contribution is -2.43. The highest BCUT2D eigenvalue weighted by molar-refractivity contribution is 5.93. The van der Waals surface area contributed by atoms with Gasteiger partial charge in [-0.2, -0.15) is 0 Å². The summed E-state index contributed by atoms with van der Waals surface area (Å²) in [6.07, 6.45) is 4.42. The van der Waals surface area contributed by atoms with Gasteiger partial charge in [0.2, 0.25) is 0 Å². The molecule has 1 fully saturated rings. The number of pyridine rings is 1. The van der Waals surface area contributed by atoms with Crippen LogP contribution in [0.1, 0.15) is 36.7 Å². The highest BCUT2D eigenvalue weighted by atomic mass is 16.6. The Labute approximate surface area is 191 Å². The first-order chi connectivity index (χ1) is 16.0. The molecule has 1 aromatic carbocycles. The Kier molecular flexibility index (Phi) is 6.83. The van der Waals surface area contributed by atoms with Crippen LogP contribution in [0.5, 0.6) is 0 Å². The van der Waals surface area contributed by atoms with Crippen LogP contribution in [0.2, 0.25) is 0 Å². The number of urea groups is 1. The number of aryl methyl sites for hydroxylation is 2. The minimum atomic E-state index is -0.390. The Morgan fingerprint density at radius 1 is 1.30 bits per heavy atom. The summed E-state index contributed by atoms with van der Waals surface area (Å²) in [5, 5.41) is 14.1.